The van der Waals surface area contributed by atoms with Crippen molar-refractivity contribution in [1.82, 2.24) is 19.7 Å². The molecule has 0 saturated heterocycles. The minimum absolute atomic E-state index is 0. The summed E-state index contributed by atoms with van der Waals surface area (Å²) in [6.07, 6.45) is 8.77. The van der Waals surface area contributed by atoms with Crippen LogP contribution < -0.4 is 10.1 Å². The third-order valence-electron chi connectivity index (χ3n) is 2.98. The van der Waals surface area contributed by atoms with E-state index in [1.165, 1.54) is 5.57 Å². The molecule has 0 fully saturated rings. The van der Waals surface area contributed by atoms with Crippen LogP contribution in [0.3, 0.4) is 0 Å². The van der Waals surface area contributed by atoms with E-state index in [1.54, 1.807) is 13.3 Å². The van der Waals surface area contributed by atoms with E-state index in [4.69, 9.17) is 4.74 Å². The first kappa shape index (κ1) is 12.9. The van der Waals surface area contributed by atoms with E-state index >= 15 is 0 Å². The quantitative estimate of drug-likeness (QED) is 0.896. The fraction of sp³-hybridized carbons (Fsp3) is 0.333. The molecule has 96 valence electrons. The Bertz CT molecular complexity index is 578. The molecule has 0 atom stereocenters. The molecule has 0 radical (unpaired) electrons. The van der Waals surface area contributed by atoms with Gasteiger partial charge >= 0.3 is 0 Å². The van der Waals surface area contributed by atoms with Crippen molar-refractivity contribution in [3.8, 4) is 5.88 Å². The predicted octanol–water partition coefficient (Wildman–Crippen LogP) is 1.54. The molecular weight excluding hydrogens is 252 g/mol. The molecule has 2 aromatic heterocycles. The lowest BCUT2D eigenvalue weighted by molar-refractivity contribution is 0.400. The standard InChI is InChI=1S/C12H14N4O.ClH/c1-17-12-11-15-8-10(16(11)7-6-14-12)9-2-4-13-5-3-9;/h2,6-8,13H,3-5H2,1H3;1H. The van der Waals surface area contributed by atoms with Gasteiger partial charge < -0.3 is 10.1 Å². The SMILES string of the molecule is COc1nccn2c(C3=CCNCC3)cnc12.Cl. The number of ether oxygens (including phenoxy) is 1. The number of nitrogens with zero attached hydrogens (tertiary/aromatic N) is 3. The van der Waals surface area contributed by atoms with Gasteiger partial charge in [0.1, 0.15) is 0 Å². The van der Waals surface area contributed by atoms with Crippen LogP contribution >= 0.6 is 12.4 Å². The van der Waals surface area contributed by atoms with Gasteiger partial charge in [0.2, 0.25) is 5.65 Å². The lowest BCUT2D eigenvalue weighted by Gasteiger charge is -2.13. The molecule has 0 aromatic carbocycles. The zero-order chi connectivity index (χ0) is 11.7. The Morgan fingerprint density at radius 3 is 3.00 bits per heavy atom. The number of nitrogens with one attached hydrogen (secondary N) is 1. The summed E-state index contributed by atoms with van der Waals surface area (Å²) in [7, 11) is 1.61. The number of fused-ring (bicyclic) bond motifs is 1. The summed E-state index contributed by atoms with van der Waals surface area (Å²) < 4.78 is 7.23. The molecule has 0 amide bonds. The molecule has 0 bridgehead atoms. The fourth-order valence-electron chi connectivity index (χ4n) is 2.13. The summed E-state index contributed by atoms with van der Waals surface area (Å²) in [5.41, 5.74) is 3.22. The summed E-state index contributed by atoms with van der Waals surface area (Å²) in [5, 5.41) is 3.30. The van der Waals surface area contributed by atoms with E-state index in [1.807, 2.05) is 16.8 Å². The minimum atomic E-state index is 0. The number of hydrogen-bond donors (Lipinski definition) is 1. The van der Waals surface area contributed by atoms with E-state index in [-0.39, 0.29) is 12.4 Å². The summed E-state index contributed by atoms with van der Waals surface area (Å²) in [6, 6.07) is 0. The highest BCUT2D eigenvalue weighted by Crippen LogP contribution is 2.23. The van der Waals surface area contributed by atoms with Crippen LogP contribution in [0.15, 0.2) is 24.7 Å². The first-order valence-corrected chi connectivity index (χ1v) is 5.66. The van der Waals surface area contributed by atoms with Crippen molar-refractivity contribution in [2.24, 2.45) is 0 Å². The average molecular weight is 267 g/mol. The van der Waals surface area contributed by atoms with Crippen molar-refractivity contribution in [1.29, 1.82) is 0 Å². The molecule has 6 heteroatoms. The topological polar surface area (TPSA) is 51.5 Å². The van der Waals surface area contributed by atoms with Crippen LogP contribution in [-0.4, -0.2) is 34.6 Å². The molecule has 0 aliphatic carbocycles. The van der Waals surface area contributed by atoms with Crippen molar-refractivity contribution in [3.63, 3.8) is 0 Å². The van der Waals surface area contributed by atoms with Crippen molar-refractivity contribution in [2.75, 3.05) is 20.2 Å². The number of imidazole rings is 1. The van der Waals surface area contributed by atoms with Gasteiger partial charge in [-0.1, -0.05) is 6.08 Å². The Morgan fingerprint density at radius 2 is 2.28 bits per heavy atom. The number of halogens is 1. The predicted molar refractivity (Wildman–Crippen MR) is 72.3 cm³/mol. The van der Waals surface area contributed by atoms with E-state index in [0.29, 0.717) is 5.88 Å². The number of aromatic nitrogens is 3. The van der Waals surface area contributed by atoms with E-state index in [0.717, 1.165) is 30.9 Å². The van der Waals surface area contributed by atoms with Crippen molar-refractivity contribution < 1.29 is 4.74 Å². The zero-order valence-electron chi connectivity index (χ0n) is 10.1. The summed E-state index contributed by atoms with van der Waals surface area (Å²) in [4.78, 5) is 8.53. The van der Waals surface area contributed by atoms with Crippen LogP contribution in [0.2, 0.25) is 0 Å². The Labute approximate surface area is 111 Å². The molecule has 3 rings (SSSR count). The first-order valence-electron chi connectivity index (χ1n) is 5.66. The third-order valence-corrected chi connectivity index (χ3v) is 2.98. The molecule has 18 heavy (non-hydrogen) atoms. The second-order valence-corrected chi connectivity index (χ2v) is 3.96. The molecule has 2 aromatic rings. The van der Waals surface area contributed by atoms with Gasteiger partial charge in [0, 0.05) is 18.9 Å². The van der Waals surface area contributed by atoms with Crippen molar-refractivity contribution in [2.45, 2.75) is 6.42 Å². The van der Waals surface area contributed by atoms with Crippen LogP contribution in [0.5, 0.6) is 5.88 Å². The maximum Gasteiger partial charge on any atom is 0.258 e. The highest BCUT2D eigenvalue weighted by molar-refractivity contribution is 5.85. The number of rotatable bonds is 2. The summed E-state index contributed by atoms with van der Waals surface area (Å²) in [6.45, 7) is 1.94. The maximum absolute atomic E-state index is 5.20. The molecule has 0 unspecified atom stereocenters. The molecular formula is C12H15ClN4O. The van der Waals surface area contributed by atoms with E-state index in [2.05, 4.69) is 21.4 Å². The Morgan fingerprint density at radius 1 is 1.39 bits per heavy atom. The average Bonchev–Trinajstić information content (AvgIpc) is 2.83. The van der Waals surface area contributed by atoms with Crippen molar-refractivity contribution >= 4 is 23.6 Å². The van der Waals surface area contributed by atoms with Crippen LogP contribution in [-0.2, 0) is 0 Å². The van der Waals surface area contributed by atoms with Gasteiger partial charge in [0.05, 0.1) is 19.0 Å². The lowest BCUT2D eigenvalue weighted by atomic mass is 10.1. The van der Waals surface area contributed by atoms with Crippen LogP contribution in [0, 0.1) is 0 Å². The van der Waals surface area contributed by atoms with Gasteiger partial charge in [0.25, 0.3) is 5.88 Å². The number of methoxy groups -OCH3 is 1. The van der Waals surface area contributed by atoms with Gasteiger partial charge in [-0.2, -0.15) is 0 Å². The molecule has 5 nitrogen and oxygen atoms in total. The van der Waals surface area contributed by atoms with Gasteiger partial charge in [-0.25, -0.2) is 9.97 Å². The lowest BCUT2D eigenvalue weighted by Crippen LogP contribution is -2.20. The Balaban J connectivity index is 0.00000120. The van der Waals surface area contributed by atoms with Gasteiger partial charge in [-0.15, -0.1) is 12.4 Å². The summed E-state index contributed by atoms with van der Waals surface area (Å²) in [5.74, 6) is 0.563. The monoisotopic (exact) mass is 266 g/mol. The van der Waals surface area contributed by atoms with E-state index in [9.17, 15) is 0 Å². The largest absolute Gasteiger partial charge is 0.478 e. The van der Waals surface area contributed by atoms with Gasteiger partial charge in [-0.3, -0.25) is 4.40 Å². The Hall–Kier alpha value is -1.59. The first-order chi connectivity index (χ1) is 8.40. The highest BCUT2D eigenvalue weighted by atomic mass is 35.5. The highest BCUT2D eigenvalue weighted by Gasteiger charge is 2.13. The maximum atomic E-state index is 5.20. The third kappa shape index (κ3) is 2.07. The molecule has 3 heterocycles. The second-order valence-electron chi connectivity index (χ2n) is 3.96. The number of hydrogen-bond acceptors (Lipinski definition) is 4. The second kappa shape index (κ2) is 5.37. The van der Waals surface area contributed by atoms with Crippen LogP contribution in [0.1, 0.15) is 12.1 Å². The molecule has 1 N–H and O–H groups in total. The molecule has 0 saturated carbocycles. The van der Waals surface area contributed by atoms with Crippen molar-refractivity contribution in [3.05, 3.63) is 30.4 Å². The summed E-state index contributed by atoms with van der Waals surface area (Å²) >= 11 is 0. The van der Waals surface area contributed by atoms with Crippen LogP contribution in [0.4, 0.5) is 0 Å². The van der Waals surface area contributed by atoms with Gasteiger partial charge in [-0.05, 0) is 18.5 Å². The smallest absolute Gasteiger partial charge is 0.258 e. The zero-order valence-corrected chi connectivity index (χ0v) is 10.9. The van der Waals surface area contributed by atoms with Crippen LogP contribution in [0.25, 0.3) is 11.2 Å². The van der Waals surface area contributed by atoms with E-state index < -0.39 is 0 Å². The molecule has 1 aliphatic rings. The minimum Gasteiger partial charge on any atom is -0.478 e. The molecule has 1 aliphatic heterocycles. The fourth-order valence-corrected chi connectivity index (χ4v) is 2.13. The Kier molecular flexibility index (Phi) is 3.84. The molecule has 0 spiro atoms. The normalized spacial score (nSPS) is 15.1. The van der Waals surface area contributed by atoms with Gasteiger partial charge in [0.15, 0.2) is 0 Å².